The average Bonchev–Trinajstić information content (AvgIpc) is 2.37. The molecule has 0 heterocycles. The summed E-state index contributed by atoms with van der Waals surface area (Å²) in [6.07, 6.45) is -3.63. The molecule has 2 nitrogen and oxygen atoms in total. The first kappa shape index (κ1) is 16.5. The minimum atomic E-state index is -4.82. The summed E-state index contributed by atoms with van der Waals surface area (Å²) in [5.41, 5.74) is -2.59. The fraction of sp³-hybridized carbons (Fsp3) is 0.500. The number of hydrogen-bond donors (Lipinski definition) is 1. The van der Waals surface area contributed by atoms with Crippen LogP contribution < -0.4 is 5.32 Å². The molecule has 0 fully saturated rings. The summed E-state index contributed by atoms with van der Waals surface area (Å²) < 4.78 is 51.6. The third kappa shape index (κ3) is 3.49. The van der Waals surface area contributed by atoms with E-state index in [9.17, 15) is 22.4 Å². The summed E-state index contributed by atoms with van der Waals surface area (Å²) >= 11 is 0. The second-order valence-corrected chi connectivity index (χ2v) is 4.89. The highest BCUT2D eigenvalue weighted by molar-refractivity contribution is 5.95. The summed E-state index contributed by atoms with van der Waals surface area (Å²) in [7, 11) is 0. The number of rotatable bonds is 4. The largest absolute Gasteiger partial charge is 0.419 e. The number of alkyl halides is 3. The second-order valence-electron chi connectivity index (χ2n) is 4.89. The molecule has 0 spiro atoms. The topological polar surface area (TPSA) is 29.1 Å². The predicted octanol–water partition coefficient (Wildman–Crippen LogP) is 4.15. The van der Waals surface area contributed by atoms with Crippen LogP contribution in [0.4, 0.5) is 17.6 Å². The van der Waals surface area contributed by atoms with Gasteiger partial charge >= 0.3 is 6.18 Å². The number of carbonyl (C=O) groups is 1. The zero-order valence-corrected chi connectivity index (χ0v) is 11.6. The highest BCUT2D eigenvalue weighted by Crippen LogP contribution is 2.32. The van der Waals surface area contributed by atoms with Crippen LogP contribution in [-0.4, -0.2) is 11.4 Å². The lowest BCUT2D eigenvalue weighted by molar-refractivity contribution is -0.140. The first-order chi connectivity index (χ1) is 9.14. The van der Waals surface area contributed by atoms with Crippen molar-refractivity contribution in [3.8, 4) is 0 Å². The number of hydrogen-bond acceptors (Lipinski definition) is 1. The van der Waals surface area contributed by atoms with Crippen molar-refractivity contribution in [3.05, 3.63) is 35.1 Å². The number of carbonyl (C=O) groups excluding carboxylic acids is 1. The van der Waals surface area contributed by atoms with Crippen molar-refractivity contribution in [2.45, 2.75) is 45.3 Å². The van der Waals surface area contributed by atoms with Crippen LogP contribution in [0.3, 0.4) is 0 Å². The van der Waals surface area contributed by atoms with E-state index in [1.165, 1.54) is 0 Å². The molecule has 1 amide bonds. The van der Waals surface area contributed by atoms with E-state index in [-0.39, 0.29) is 0 Å². The van der Waals surface area contributed by atoms with Crippen LogP contribution in [0.5, 0.6) is 0 Å². The highest BCUT2D eigenvalue weighted by Gasteiger charge is 2.36. The van der Waals surface area contributed by atoms with Crippen molar-refractivity contribution in [1.82, 2.24) is 5.32 Å². The van der Waals surface area contributed by atoms with Crippen LogP contribution >= 0.6 is 0 Å². The quantitative estimate of drug-likeness (QED) is 0.829. The Bertz CT molecular complexity index is 492. The van der Waals surface area contributed by atoms with Gasteiger partial charge in [-0.25, -0.2) is 4.39 Å². The zero-order valence-electron chi connectivity index (χ0n) is 11.6. The molecule has 0 unspecified atom stereocenters. The summed E-state index contributed by atoms with van der Waals surface area (Å²) in [4.78, 5) is 12.0. The number of amides is 1. The van der Waals surface area contributed by atoms with Crippen molar-refractivity contribution in [2.24, 2.45) is 0 Å². The predicted molar refractivity (Wildman–Crippen MR) is 67.9 cm³/mol. The van der Waals surface area contributed by atoms with E-state index in [2.05, 4.69) is 5.32 Å². The summed E-state index contributed by atoms with van der Waals surface area (Å²) in [5.74, 6) is -2.37. The van der Waals surface area contributed by atoms with Crippen LogP contribution in [0.25, 0.3) is 0 Å². The van der Waals surface area contributed by atoms with Gasteiger partial charge in [0.15, 0.2) is 0 Å². The molecule has 0 radical (unpaired) electrons. The van der Waals surface area contributed by atoms with E-state index in [0.29, 0.717) is 18.9 Å². The Morgan fingerprint density at radius 3 is 2.20 bits per heavy atom. The molecule has 0 atom stereocenters. The van der Waals surface area contributed by atoms with Crippen LogP contribution in [0.2, 0.25) is 0 Å². The Morgan fingerprint density at radius 1 is 1.20 bits per heavy atom. The molecule has 1 aromatic carbocycles. The summed E-state index contributed by atoms with van der Waals surface area (Å²) in [6.45, 7) is 5.44. The Labute approximate surface area is 115 Å². The van der Waals surface area contributed by atoms with Crippen molar-refractivity contribution in [2.75, 3.05) is 0 Å². The van der Waals surface area contributed by atoms with Gasteiger partial charge in [-0.1, -0.05) is 19.9 Å². The average molecular weight is 291 g/mol. The van der Waals surface area contributed by atoms with Crippen molar-refractivity contribution in [1.29, 1.82) is 0 Å². The fourth-order valence-corrected chi connectivity index (χ4v) is 1.69. The van der Waals surface area contributed by atoms with Gasteiger partial charge in [0.25, 0.3) is 5.91 Å². The molecular formula is C14H17F4NO. The minimum absolute atomic E-state index is 0.572. The lowest BCUT2D eigenvalue weighted by Gasteiger charge is -2.28. The van der Waals surface area contributed by atoms with Gasteiger partial charge in [-0.2, -0.15) is 13.2 Å². The van der Waals surface area contributed by atoms with Gasteiger partial charge in [0.1, 0.15) is 5.82 Å². The molecule has 0 aromatic heterocycles. The summed E-state index contributed by atoms with van der Waals surface area (Å²) in [5, 5.41) is 2.58. The molecule has 6 heteroatoms. The maximum Gasteiger partial charge on any atom is 0.419 e. The molecule has 112 valence electrons. The molecule has 0 aliphatic carbocycles. The van der Waals surface area contributed by atoms with Gasteiger partial charge in [0.05, 0.1) is 11.1 Å². The standard InChI is InChI=1S/C14H17F4NO/c1-4-13(3,5-2)19-12(20)9-7-6-8-10(11(9)15)14(16,17)18/h6-8H,4-5H2,1-3H3,(H,19,20). The normalized spacial score (nSPS) is 12.3. The van der Waals surface area contributed by atoms with E-state index < -0.39 is 34.6 Å². The lowest BCUT2D eigenvalue weighted by Crippen LogP contribution is -2.45. The van der Waals surface area contributed by atoms with Gasteiger partial charge < -0.3 is 5.32 Å². The van der Waals surface area contributed by atoms with Crippen molar-refractivity contribution < 1.29 is 22.4 Å². The van der Waals surface area contributed by atoms with Gasteiger partial charge in [0, 0.05) is 5.54 Å². The van der Waals surface area contributed by atoms with Gasteiger partial charge in [-0.05, 0) is 31.9 Å². The van der Waals surface area contributed by atoms with Crippen LogP contribution in [0, 0.1) is 5.82 Å². The first-order valence-electron chi connectivity index (χ1n) is 6.33. The van der Waals surface area contributed by atoms with E-state index >= 15 is 0 Å². The highest BCUT2D eigenvalue weighted by atomic mass is 19.4. The van der Waals surface area contributed by atoms with E-state index in [1.807, 2.05) is 13.8 Å². The third-order valence-electron chi connectivity index (χ3n) is 3.52. The van der Waals surface area contributed by atoms with Crippen molar-refractivity contribution >= 4 is 5.91 Å². The molecule has 1 aromatic rings. The van der Waals surface area contributed by atoms with Crippen LogP contribution in [0.15, 0.2) is 18.2 Å². The Balaban J connectivity index is 3.13. The molecular weight excluding hydrogens is 274 g/mol. The monoisotopic (exact) mass is 291 g/mol. The van der Waals surface area contributed by atoms with Gasteiger partial charge in [0.2, 0.25) is 0 Å². The van der Waals surface area contributed by atoms with E-state index in [0.717, 1.165) is 12.1 Å². The SMILES string of the molecule is CCC(C)(CC)NC(=O)c1cccc(C(F)(F)F)c1F. The third-order valence-corrected chi connectivity index (χ3v) is 3.52. The number of nitrogens with one attached hydrogen (secondary N) is 1. The number of benzene rings is 1. The first-order valence-corrected chi connectivity index (χ1v) is 6.33. The van der Waals surface area contributed by atoms with Crippen LogP contribution in [-0.2, 0) is 6.18 Å². The molecule has 0 aliphatic heterocycles. The summed E-state index contributed by atoms with van der Waals surface area (Å²) in [6, 6.07) is 2.69. The maximum atomic E-state index is 13.8. The molecule has 0 bridgehead atoms. The lowest BCUT2D eigenvalue weighted by atomic mass is 9.95. The van der Waals surface area contributed by atoms with Gasteiger partial charge in [-0.3, -0.25) is 4.79 Å². The minimum Gasteiger partial charge on any atom is -0.347 e. The molecule has 1 rings (SSSR count). The second kappa shape index (κ2) is 5.81. The fourth-order valence-electron chi connectivity index (χ4n) is 1.69. The molecule has 0 saturated carbocycles. The smallest absolute Gasteiger partial charge is 0.347 e. The number of halogens is 4. The van der Waals surface area contributed by atoms with E-state index in [1.54, 1.807) is 6.92 Å². The van der Waals surface area contributed by atoms with Gasteiger partial charge in [-0.15, -0.1) is 0 Å². The Morgan fingerprint density at radius 2 is 1.75 bits per heavy atom. The van der Waals surface area contributed by atoms with Crippen LogP contribution in [0.1, 0.15) is 49.5 Å². The molecule has 0 aliphatic rings. The molecule has 1 N–H and O–H groups in total. The van der Waals surface area contributed by atoms with E-state index in [4.69, 9.17) is 0 Å². The maximum absolute atomic E-state index is 13.8. The van der Waals surface area contributed by atoms with Crippen molar-refractivity contribution in [3.63, 3.8) is 0 Å². The Kier molecular flexibility index (Phi) is 4.78. The Hall–Kier alpha value is -1.59. The zero-order chi connectivity index (χ0) is 15.6. The molecule has 20 heavy (non-hydrogen) atoms. The molecule has 0 saturated heterocycles.